The van der Waals surface area contributed by atoms with Gasteiger partial charge in [0.25, 0.3) is 5.91 Å². The van der Waals surface area contributed by atoms with Crippen LogP contribution in [0.15, 0.2) is 24.3 Å². The zero-order chi connectivity index (χ0) is 14.3. The molecule has 0 fully saturated rings. The van der Waals surface area contributed by atoms with E-state index in [2.05, 4.69) is 36.7 Å². The van der Waals surface area contributed by atoms with Crippen molar-refractivity contribution in [2.45, 2.75) is 46.1 Å². The molecule has 3 heteroatoms. The molecule has 0 spiro atoms. The molecule has 0 N–H and O–H groups in total. The Morgan fingerprint density at radius 2 is 1.84 bits per heavy atom. The molecule has 0 heterocycles. The molecule has 19 heavy (non-hydrogen) atoms. The highest BCUT2D eigenvalue weighted by Crippen LogP contribution is 2.17. The van der Waals surface area contributed by atoms with Gasteiger partial charge >= 0.3 is 0 Å². The highest BCUT2D eigenvalue weighted by molar-refractivity contribution is 9.09. The van der Waals surface area contributed by atoms with Crippen LogP contribution in [0.4, 0.5) is 0 Å². The number of nitrogens with zero attached hydrogens (tertiary/aromatic N) is 1. The summed E-state index contributed by atoms with van der Waals surface area (Å²) in [6.07, 6.45) is 2.90. The maximum atomic E-state index is 12.8. The Labute approximate surface area is 125 Å². The molecule has 0 saturated carbocycles. The van der Waals surface area contributed by atoms with E-state index in [1.165, 1.54) is 0 Å². The Hall–Kier alpha value is -0.830. The van der Waals surface area contributed by atoms with Crippen molar-refractivity contribution in [2.24, 2.45) is 0 Å². The van der Waals surface area contributed by atoms with E-state index in [9.17, 15) is 4.79 Å². The molecular weight excluding hydrogens is 302 g/mol. The molecule has 0 aliphatic rings. The first-order valence-electron chi connectivity index (χ1n) is 7.14. The SMILES string of the molecule is CCc1ccccc1C(=O)N(CCBr)C(CC)CC. The molecule has 0 bridgehead atoms. The summed E-state index contributed by atoms with van der Waals surface area (Å²) < 4.78 is 0. The van der Waals surface area contributed by atoms with Gasteiger partial charge in [0.2, 0.25) is 0 Å². The number of aryl methyl sites for hydroxylation is 1. The summed E-state index contributed by atoms with van der Waals surface area (Å²) in [6, 6.07) is 8.28. The summed E-state index contributed by atoms with van der Waals surface area (Å²) in [6.45, 7) is 7.16. The maximum absolute atomic E-state index is 12.8. The van der Waals surface area contributed by atoms with Gasteiger partial charge in [0, 0.05) is 23.5 Å². The van der Waals surface area contributed by atoms with Crippen LogP contribution in [0.3, 0.4) is 0 Å². The zero-order valence-electron chi connectivity index (χ0n) is 12.2. The van der Waals surface area contributed by atoms with Crippen molar-refractivity contribution in [3.05, 3.63) is 35.4 Å². The van der Waals surface area contributed by atoms with Crippen molar-refractivity contribution >= 4 is 21.8 Å². The van der Waals surface area contributed by atoms with Gasteiger partial charge in [0.1, 0.15) is 0 Å². The number of hydrogen-bond donors (Lipinski definition) is 0. The van der Waals surface area contributed by atoms with Gasteiger partial charge in [-0.2, -0.15) is 0 Å². The van der Waals surface area contributed by atoms with Gasteiger partial charge in [-0.3, -0.25) is 4.79 Å². The lowest BCUT2D eigenvalue weighted by Gasteiger charge is -2.30. The smallest absolute Gasteiger partial charge is 0.254 e. The first-order valence-corrected chi connectivity index (χ1v) is 8.26. The molecule has 0 aromatic heterocycles. The number of hydrogen-bond acceptors (Lipinski definition) is 1. The second kappa shape index (κ2) is 8.36. The van der Waals surface area contributed by atoms with Crippen molar-refractivity contribution in [2.75, 3.05) is 11.9 Å². The van der Waals surface area contributed by atoms with E-state index in [4.69, 9.17) is 0 Å². The van der Waals surface area contributed by atoms with Crippen LogP contribution < -0.4 is 0 Å². The molecule has 0 unspecified atom stereocenters. The lowest BCUT2D eigenvalue weighted by molar-refractivity contribution is 0.0682. The molecule has 0 aliphatic heterocycles. The molecular formula is C16H24BrNO. The number of rotatable bonds is 7. The van der Waals surface area contributed by atoms with Gasteiger partial charge < -0.3 is 4.90 Å². The maximum Gasteiger partial charge on any atom is 0.254 e. The molecule has 1 aromatic rings. The van der Waals surface area contributed by atoms with Crippen molar-refractivity contribution in [3.8, 4) is 0 Å². The summed E-state index contributed by atoms with van der Waals surface area (Å²) in [5.41, 5.74) is 2.00. The predicted molar refractivity (Wildman–Crippen MR) is 85.0 cm³/mol. The van der Waals surface area contributed by atoms with E-state index in [0.29, 0.717) is 6.04 Å². The summed E-state index contributed by atoms with van der Waals surface area (Å²) in [4.78, 5) is 14.8. The minimum absolute atomic E-state index is 0.172. The first-order chi connectivity index (χ1) is 9.19. The van der Waals surface area contributed by atoms with Gasteiger partial charge in [-0.25, -0.2) is 0 Å². The molecule has 106 valence electrons. The van der Waals surface area contributed by atoms with Crippen molar-refractivity contribution < 1.29 is 4.79 Å². The lowest BCUT2D eigenvalue weighted by atomic mass is 10.0. The van der Waals surface area contributed by atoms with Crippen LogP contribution in [0.5, 0.6) is 0 Å². The average molecular weight is 326 g/mol. The molecule has 0 saturated heterocycles. The van der Waals surface area contributed by atoms with Crippen LogP contribution in [0.2, 0.25) is 0 Å². The Kier molecular flexibility index (Phi) is 7.14. The number of benzene rings is 1. The van der Waals surface area contributed by atoms with E-state index in [0.717, 1.165) is 42.3 Å². The first kappa shape index (κ1) is 16.2. The third kappa shape index (κ3) is 4.07. The van der Waals surface area contributed by atoms with E-state index in [1.54, 1.807) is 0 Å². The number of carbonyl (C=O) groups is 1. The number of alkyl halides is 1. The van der Waals surface area contributed by atoms with Gasteiger partial charge in [-0.05, 0) is 30.9 Å². The molecule has 1 aromatic carbocycles. The molecule has 1 rings (SSSR count). The minimum atomic E-state index is 0.172. The Morgan fingerprint density at radius 1 is 1.21 bits per heavy atom. The largest absolute Gasteiger partial charge is 0.335 e. The highest BCUT2D eigenvalue weighted by Gasteiger charge is 2.23. The predicted octanol–water partition coefficient (Wildman–Crippen LogP) is 4.27. The Bertz CT molecular complexity index is 401. The zero-order valence-corrected chi connectivity index (χ0v) is 13.7. The van der Waals surface area contributed by atoms with Crippen molar-refractivity contribution in [1.82, 2.24) is 4.90 Å². The van der Waals surface area contributed by atoms with E-state index >= 15 is 0 Å². The summed E-state index contributed by atoms with van der Waals surface area (Å²) >= 11 is 3.46. The molecule has 1 amide bonds. The number of carbonyl (C=O) groups excluding carboxylic acids is 1. The monoisotopic (exact) mass is 325 g/mol. The molecule has 0 aliphatic carbocycles. The van der Waals surface area contributed by atoms with Gasteiger partial charge in [0.15, 0.2) is 0 Å². The Morgan fingerprint density at radius 3 is 2.37 bits per heavy atom. The van der Waals surface area contributed by atoms with E-state index in [-0.39, 0.29) is 5.91 Å². The molecule has 0 radical (unpaired) electrons. The Balaban J connectivity index is 3.04. The standard InChI is InChI=1S/C16H24BrNO/c1-4-13-9-7-8-10-15(13)16(19)18(12-11-17)14(5-2)6-3/h7-10,14H,4-6,11-12H2,1-3H3. The van der Waals surface area contributed by atoms with Crippen LogP contribution in [0, 0.1) is 0 Å². The fourth-order valence-electron chi connectivity index (χ4n) is 2.46. The lowest BCUT2D eigenvalue weighted by Crippen LogP contribution is -2.41. The van der Waals surface area contributed by atoms with E-state index < -0.39 is 0 Å². The van der Waals surface area contributed by atoms with Gasteiger partial charge in [0.05, 0.1) is 0 Å². The van der Waals surface area contributed by atoms with Crippen LogP contribution in [0.25, 0.3) is 0 Å². The van der Waals surface area contributed by atoms with Gasteiger partial charge in [-0.1, -0.05) is 54.9 Å². The van der Waals surface area contributed by atoms with Gasteiger partial charge in [-0.15, -0.1) is 0 Å². The summed E-state index contributed by atoms with van der Waals surface area (Å²) in [7, 11) is 0. The van der Waals surface area contributed by atoms with Crippen molar-refractivity contribution in [1.29, 1.82) is 0 Å². The van der Waals surface area contributed by atoms with Crippen LogP contribution in [-0.4, -0.2) is 28.7 Å². The average Bonchev–Trinajstić information content (AvgIpc) is 2.46. The van der Waals surface area contributed by atoms with Crippen LogP contribution >= 0.6 is 15.9 Å². The second-order valence-corrected chi connectivity index (χ2v) is 5.46. The summed E-state index contributed by atoms with van der Waals surface area (Å²) in [5.74, 6) is 0.172. The minimum Gasteiger partial charge on any atom is -0.335 e. The fraction of sp³-hybridized carbons (Fsp3) is 0.562. The number of amides is 1. The van der Waals surface area contributed by atoms with Crippen LogP contribution in [-0.2, 0) is 6.42 Å². The molecule has 2 nitrogen and oxygen atoms in total. The third-order valence-corrected chi connectivity index (χ3v) is 3.95. The highest BCUT2D eigenvalue weighted by atomic mass is 79.9. The molecule has 0 atom stereocenters. The van der Waals surface area contributed by atoms with Crippen molar-refractivity contribution in [3.63, 3.8) is 0 Å². The fourth-order valence-corrected chi connectivity index (χ4v) is 2.84. The summed E-state index contributed by atoms with van der Waals surface area (Å²) in [5, 5.41) is 0.823. The number of halogens is 1. The normalized spacial score (nSPS) is 10.8. The van der Waals surface area contributed by atoms with E-state index in [1.807, 2.05) is 29.2 Å². The topological polar surface area (TPSA) is 20.3 Å². The quantitative estimate of drug-likeness (QED) is 0.685. The third-order valence-electron chi connectivity index (χ3n) is 3.60. The second-order valence-electron chi connectivity index (χ2n) is 4.67. The van der Waals surface area contributed by atoms with Crippen LogP contribution in [0.1, 0.15) is 49.5 Å².